The molecule has 1 aromatic carbocycles. The molecule has 14 heavy (non-hydrogen) atoms. The minimum atomic E-state index is 0.503. The Hall–Kier alpha value is -0.830. The molecule has 0 N–H and O–H groups in total. The van der Waals surface area contributed by atoms with E-state index in [2.05, 4.69) is 26.5 Å². The first-order chi connectivity index (χ1) is 6.63. The summed E-state index contributed by atoms with van der Waals surface area (Å²) >= 11 is 4.25. The van der Waals surface area contributed by atoms with Gasteiger partial charge in [0.25, 0.3) is 0 Å². The first-order valence-corrected chi connectivity index (χ1v) is 5.08. The first-order valence-electron chi connectivity index (χ1n) is 4.63. The number of methoxy groups -OCH3 is 1. The average molecular weight is 212 g/mol. The average Bonchev–Trinajstić information content (AvgIpc) is 2.15. The van der Waals surface area contributed by atoms with Gasteiger partial charge in [-0.05, 0) is 24.1 Å². The number of ether oxygens (including phenoxy) is 2. The molecule has 0 saturated heterocycles. The zero-order valence-electron chi connectivity index (χ0n) is 8.78. The van der Waals surface area contributed by atoms with Crippen molar-refractivity contribution in [2.45, 2.75) is 18.7 Å². The van der Waals surface area contributed by atoms with Crippen LogP contribution in [0.1, 0.15) is 13.8 Å². The maximum absolute atomic E-state index is 5.60. The Balaban J connectivity index is 2.77. The number of thiol groups is 1. The van der Waals surface area contributed by atoms with Crippen molar-refractivity contribution in [3.63, 3.8) is 0 Å². The van der Waals surface area contributed by atoms with E-state index in [9.17, 15) is 0 Å². The van der Waals surface area contributed by atoms with Crippen LogP contribution in [0.5, 0.6) is 11.5 Å². The maximum Gasteiger partial charge on any atom is 0.162 e. The molecule has 0 aliphatic heterocycles. The summed E-state index contributed by atoms with van der Waals surface area (Å²) in [4.78, 5) is 0.879. The molecule has 0 radical (unpaired) electrons. The van der Waals surface area contributed by atoms with Crippen LogP contribution >= 0.6 is 12.6 Å². The molecule has 3 heteroatoms. The normalized spacial score (nSPS) is 10.4. The minimum Gasteiger partial charge on any atom is -0.493 e. The Morgan fingerprint density at radius 1 is 1.29 bits per heavy atom. The van der Waals surface area contributed by atoms with E-state index >= 15 is 0 Å². The molecule has 78 valence electrons. The molecule has 0 atom stereocenters. The Kier molecular flexibility index (Phi) is 4.14. The molecular formula is C11H16O2S. The van der Waals surface area contributed by atoms with Gasteiger partial charge in [0.1, 0.15) is 0 Å². The predicted octanol–water partition coefficient (Wildman–Crippen LogP) is 3.02. The molecule has 0 unspecified atom stereocenters. The second kappa shape index (κ2) is 5.15. The summed E-state index contributed by atoms with van der Waals surface area (Å²) in [5.74, 6) is 2.01. The van der Waals surface area contributed by atoms with Gasteiger partial charge >= 0.3 is 0 Å². The zero-order valence-corrected chi connectivity index (χ0v) is 9.67. The van der Waals surface area contributed by atoms with Crippen molar-refractivity contribution in [2.24, 2.45) is 5.92 Å². The van der Waals surface area contributed by atoms with Gasteiger partial charge in [-0.1, -0.05) is 13.8 Å². The highest BCUT2D eigenvalue weighted by atomic mass is 32.1. The fourth-order valence-electron chi connectivity index (χ4n) is 1.03. The number of hydrogen-bond donors (Lipinski definition) is 1. The van der Waals surface area contributed by atoms with Crippen LogP contribution in [-0.4, -0.2) is 13.7 Å². The molecule has 0 aliphatic carbocycles. The van der Waals surface area contributed by atoms with Gasteiger partial charge in [0.15, 0.2) is 11.5 Å². The van der Waals surface area contributed by atoms with Crippen LogP contribution in [0.2, 0.25) is 0 Å². The highest BCUT2D eigenvalue weighted by Gasteiger charge is 2.05. The summed E-state index contributed by atoms with van der Waals surface area (Å²) in [7, 11) is 1.63. The number of benzene rings is 1. The Labute approximate surface area is 90.6 Å². The lowest BCUT2D eigenvalue weighted by atomic mass is 10.2. The second-order valence-electron chi connectivity index (χ2n) is 3.54. The second-order valence-corrected chi connectivity index (χ2v) is 4.06. The molecule has 0 fully saturated rings. The molecule has 0 aromatic heterocycles. The third-order valence-corrected chi connectivity index (χ3v) is 2.00. The molecule has 0 saturated carbocycles. The smallest absolute Gasteiger partial charge is 0.162 e. The summed E-state index contributed by atoms with van der Waals surface area (Å²) in [6.07, 6.45) is 0. The van der Waals surface area contributed by atoms with Crippen LogP contribution in [0.4, 0.5) is 0 Å². The molecule has 0 aliphatic rings. The van der Waals surface area contributed by atoms with E-state index in [-0.39, 0.29) is 0 Å². The lowest BCUT2D eigenvalue weighted by Gasteiger charge is -2.12. The van der Waals surface area contributed by atoms with Crippen molar-refractivity contribution in [1.29, 1.82) is 0 Å². The van der Waals surface area contributed by atoms with E-state index in [0.29, 0.717) is 12.5 Å². The van der Waals surface area contributed by atoms with Crippen LogP contribution in [0.25, 0.3) is 0 Å². The van der Waals surface area contributed by atoms with Gasteiger partial charge in [0, 0.05) is 4.90 Å². The largest absolute Gasteiger partial charge is 0.493 e. The van der Waals surface area contributed by atoms with Gasteiger partial charge < -0.3 is 9.47 Å². The highest BCUT2D eigenvalue weighted by molar-refractivity contribution is 7.80. The molecule has 0 bridgehead atoms. The van der Waals surface area contributed by atoms with Crippen LogP contribution in [0.15, 0.2) is 23.1 Å². The maximum atomic E-state index is 5.60. The molecule has 2 nitrogen and oxygen atoms in total. The van der Waals surface area contributed by atoms with Crippen molar-refractivity contribution in [3.05, 3.63) is 18.2 Å². The lowest BCUT2D eigenvalue weighted by Crippen LogP contribution is -2.05. The van der Waals surface area contributed by atoms with Crippen LogP contribution in [0, 0.1) is 5.92 Å². The van der Waals surface area contributed by atoms with Crippen molar-refractivity contribution in [2.75, 3.05) is 13.7 Å². The quantitative estimate of drug-likeness (QED) is 0.773. The SMILES string of the molecule is COc1ccc(S)cc1OCC(C)C. The van der Waals surface area contributed by atoms with E-state index in [1.165, 1.54) is 0 Å². The summed E-state index contributed by atoms with van der Waals surface area (Å²) in [5, 5.41) is 0. The number of rotatable bonds is 4. The van der Waals surface area contributed by atoms with Crippen molar-refractivity contribution >= 4 is 12.6 Å². The van der Waals surface area contributed by atoms with Crippen molar-refractivity contribution < 1.29 is 9.47 Å². The molecule has 0 heterocycles. The third kappa shape index (κ3) is 3.14. The van der Waals surface area contributed by atoms with Crippen LogP contribution < -0.4 is 9.47 Å². The molecule has 1 rings (SSSR count). The Morgan fingerprint density at radius 2 is 2.00 bits per heavy atom. The number of hydrogen-bond acceptors (Lipinski definition) is 3. The molecule has 1 aromatic rings. The molecule has 0 spiro atoms. The van der Waals surface area contributed by atoms with E-state index in [1.54, 1.807) is 7.11 Å². The van der Waals surface area contributed by atoms with Crippen molar-refractivity contribution in [3.8, 4) is 11.5 Å². The summed E-state index contributed by atoms with van der Waals surface area (Å²) in [5.41, 5.74) is 0. The topological polar surface area (TPSA) is 18.5 Å². The first kappa shape index (κ1) is 11.2. The Bertz CT molecular complexity index is 297. The Morgan fingerprint density at radius 3 is 2.57 bits per heavy atom. The van der Waals surface area contributed by atoms with E-state index < -0.39 is 0 Å². The van der Waals surface area contributed by atoms with E-state index in [4.69, 9.17) is 9.47 Å². The summed E-state index contributed by atoms with van der Waals surface area (Å²) in [6.45, 7) is 4.90. The standard InChI is InChI=1S/C11H16O2S/c1-8(2)7-13-11-6-9(14)4-5-10(11)12-3/h4-6,8,14H,7H2,1-3H3. The van der Waals surface area contributed by atoms with E-state index in [1.807, 2.05) is 18.2 Å². The van der Waals surface area contributed by atoms with Gasteiger partial charge in [-0.2, -0.15) is 0 Å². The molecule has 0 amide bonds. The van der Waals surface area contributed by atoms with Crippen LogP contribution in [-0.2, 0) is 0 Å². The fourth-order valence-corrected chi connectivity index (χ4v) is 1.23. The van der Waals surface area contributed by atoms with Gasteiger partial charge in [0.05, 0.1) is 13.7 Å². The minimum absolute atomic E-state index is 0.503. The van der Waals surface area contributed by atoms with Gasteiger partial charge in [-0.25, -0.2) is 0 Å². The third-order valence-electron chi connectivity index (χ3n) is 1.72. The fraction of sp³-hybridized carbons (Fsp3) is 0.455. The van der Waals surface area contributed by atoms with Gasteiger partial charge in [-0.15, -0.1) is 12.6 Å². The lowest BCUT2D eigenvalue weighted by molar-refractivity contribution is 0.256. The van der Waals surface area contributed by atoms with Crippen LogP contribution in [0.3, 0.4) is 0 Å². The van der Waals surface area contributed by atoms with Crippen molar-refractivity contribution in [1.82, 2.24) is 0 Å². The molecular weight excluding hydrogens is 196 g/mol. The summed E-state index contributed by atoms with van der Waals surface area (Å²) < 4.78 is 10.8. The zero-order chi connectivity index (χ0) is 10.6. The van der Waals surface area contributed by atoms with E-state index in [0.717, 1.165) is 16.4 Å². The van der Waals surface area contributed by atoms with Gasteiger partial charge in [0.2, 0.25) is 0 Å². The summed E-state index contributed by atoms with van der Waals surface area (Å²) in [6, 6.07) is 5.60. The predicted molar refractivity (Wildman–Crippen MR) is 60.6 cm³/mol. The highest BCUT2D eigenvalue weighted by Crippen LogP contribution is 2.29. The van der Waals surface area contributed by atoms with Gasteiger partial charge in [-0.3, -0.25) is 0 Å². The monoisotopic (exact) mass is 212 g/mol.